The maximum Gasteiger partial charge on any atom is 0.268 e. The summed E-state index contributed by atoms with van der Waals surface area (Å²) < 4.78 is 1.97. The van der Waals surface area contributed by atoms with Gasteiger partial charge < -0.3 is 15.6 Å². The molecule has 3 aliphatic heterocycles. The van der Waals surface area contributed by atoms with Gasteiger partial charge in [0.05, 0.1) is 0 Å². The summed E-state index contributed by atoms with van der Waals surface area (Å²) in [5, 5.41) is 3.31. The van der Waals surface area contributed by atoms with Crippen molar-refractivity contribution < 1.29 is 4.79 Å². The average Bonchev–Trinajstić information content (AvgIpc) is 3.01. The smallest absolute Gasteiger partial charge is 0.268 e. The van der Waals surface area contributed by atoms with E-state index in [4.69, 9.17) is 5.73 Å². The minimum Gasteiger partial charge on any atom is -0.399 e. The van der Waals surface area contributed by atoms with Gasteiger partial charge in [0.15, 0.2) is 0 Å². The van der Waals surface area contributed by atoms with Crippen molar-refractivity contribution in [2.24, 2.45) is 13.0 Å². The van der Waals surface area contributed by atoms with Crippen LogP contribution in [0.15, 0.2) is 36.4 Å². The summed E-state index contributed by atoms with van der Waals surface area (Å²) in [6.07, 6.45) is 2.39. The number of anilines is 1. The number of piperidine rings is 3. The number of nitrogens with one attached hydrogen (secondary N) is 1. The van der Waals surface area contributed by atoms with Gasteiger partial charge in [-0.1, -0.05) is 12.1 Å². The highest BCUT2D eigenvalue weighted by Crippen LogP contribution is 2.32. The first-order chi connectivity index (χ1) is 12.0. The zero-order valence-electron chi connectivity index (χ0n) is 14.9. The minimum absolute atomic E-state index is 0.0230. The van der Waals surface area contributed by atoms with Crippen LogP contribution in [0.3, 0.4) is 0 Å². The number of nitrogen functional groups attached to an aromatic ring is 1. The number of benzene rings is 1. The second kappa shape index (κ2) is 6.23. The summed E-state index contributed by atoms with van der Waals surface area (Å²) in [6.45, 7) is 4.58. The quantitative estimate of drug-likeness (QED) is 0.845. The maximum absolute atomic E-state index is 12.9. The van der Waals surface area contributed by atoms with Crippen molar-refractivity contribution in [1.29, 1.82) is 0 Å². The van der Waals surface area contributed by atoms with E-state index in [0.717, 1.165) is 16.9 Å². The Morgan fingerprint density at radius 3 is 2.44 bits per heavy atom. The second-order valence-electron chi connectivity index (χ2n) is 7.40. The number of rotatable bonds is 3. The molecule has 5 nitrogen and oxygen atoms in total. The van der Waals surface area contributed by atoms with Gasteiger partial charge in [-0.15, -0.1) is 0 Å². The van der Waals surface area contributed by atoms with Crippen LogP contribution in [-0.4, -0.2) is 40.5 Å². The molecule has 0 radical (unpaired) electrons. The topological polar surface area (TPSA) is 63.3 Å². The van der Waals surface area contributed by atoms with E-state index >= 15 is 0 Å². The Kier molecular flexibility index (Phi) is 4.04. The van der Waals surface area contributed by atoms with Crippen LogP contribution >= 0.6 is 0 Å². The molecular formula is C20H26N4O. The fraction of sp³-hybridized carbons (Fsp3) is 0.450. The molecule has 3 saturated heterocycles. The van der Waals surface area contributed by atoms with Crippen molar-refractivity contribution in [2.75, 3.05) is 18.8 Å². The van der Waals surface area contributed by atoms with E-state index in [9.17, 15) is 4.79 Å². The molecule has 2 aromatic rings. The average molecular weight is 338 g/mol. The Balaban J connectivity index is 1.54. The lowest BCUT2D eigenvalue weighted by atomic mass is 9.79. The zero-order chi connectivity index (χ0) is 17.6. The zero-order valence-corrected chi connectivity index (χ0v) is 14.9. The largest absolute Gasteiger partial charge is 0.399 e. The molecule has 1 aromatic carbocycles. The molecule has 3 N–H and O–H groups in total. The predicted octanol–water partition coefficient (Wildman–Crippen LogP) is 2.49. The highest BCUT2D eigenvalue weighted by molar-refractivity contribution is 5.94. The molecule has 132 valence electrons. The Labute approximate surface area is 148 Å². The number of fused-ring (bicyclic) bond motifs is 3. The van der Waals surface area contributed by atoms with Crippen LogP contribution in [-0.2, 0) is 7.05 Å². The first-order valence-electron chi connectivity index (χ1n) is 9.11. The van der Waals surface area contributed by atoms with Gasteiger partial charge in [0.1, 0.15) is 5.69 Å². The number of carbonyl (C=O) groups excluding carboxylic acids is 1. The van der Waals surface area contributed by atoms with Gasteiger partial charge in [0.2, 0.25) is 0 Å². The van der Waals surface area contributed by atoms with Crippen LogP contribution in [0.5, 0.6) is 0 Å². The fourth-order valence-corrected chi connectivity index (χ4v) is 4.45. The standard InChI is InChI=1S/C20H26N4O/c1-13-19(15-9-11-24(13)12-10-15)22-20(25)18-8-7-17(23(18)2)14-3-5-16(21)6-4-14/h3-8,13,15,19H,9-12,21H2,1-2H3,(H,22,25)/t13-,19+/m1/s1. The molecule has 25 heavy (non-hydrogen) atoms. The molecule has 3 fully saturated rings. The van der Waals surface area contributed by atoms with Crippen molar-refractivity contribution in [1.82, 2.24) is 14.8 Å². The van der Waals surface area contributed by atoms with Gasteiger partial charge >= 0.3 is 0 Å². The van der Waals surface area contributed by atoms with Gasteiger partial charge in [-0.05, 0) is 68.6 Å². The third kappa shape index (κ3) is 2.82. The van der Waals surface area contributed by atoms with Crippen molar-refractivity contribution >= 4 is 11.6 Å². The Morgan fingerprint density at radius 1 is 1.12 bits per heavy atom. The van der Waals surface area contributed by atoms with Gasteiger partial charge in [-0.3, -0.25) is 9.69 Å². The number of carbonyl (C=O) groups is 1. The van der Waals surface area contributed by atoms with Crippen molar-refractivity contribution in [3.8, 4) is 11.3 Å². The van der Waals surface area contributed by atoms with E-state index in [1.165, 1.54) is 25.9 Å². The summed E-state index contributed by atoms with van der Waals surface area (Å²) in [5.41, 5.74) is 9.30. The molecule has 3 aliphatic rings. The number of aromatic nitrogens is 1. The number of hydrogen-bond donors (Lipinski definition) is 2. The molecule has 0 spiro atoms. The fourth-order valence-electron chi connectivity index (χ4n) is 4.45. The molecule has 5 heteroatoms. The summed E-state index contributed by atoms with van der Waals surface area (Å²) in [6, 6.07) is 12.3. The first-order valence-corrected chi connectivity index (χ1v) is 9.11. The molecule has 0 unspecified atom stereocenters. The molecule has 2 bridgehead atoms. The summed E-state index contributed by atoms with van der Waals surface area (Å²) in [5.74, 6) is 0.635. The van der Waals surface area contributed by atoms with Crippen molar-refractivity contribution in [3.05, 3.63) is 42.1 Å². The van der Waals surface area contributed by atoms with Crippen molar-refractivity contribution in [2.45, 2.75) is 31.8 Å². The van der Waals surface area contributed by atoms with Crippen LogP contribution in [0, 0.1) is 5.92 Å². The highest BCUT2D eigenvalue weighted by Gasteiger charge is 2.40. The lowest BCUT2D eigenvalue weighted by Gasteiger charge is -2.49. The van der Waals surface area contributed by atoms with Crippen molar-refractivity contribution in [3.63, 3.8) is 0 Å². The summed E-state index contributed by atoms with van der Waals surface area (Å²) in [7, 11) is 1.94. The Morgan fingerprint density at radius 2 is 1.80 bits per heavy atom. The normalized spacial score (nSPS) is 28.1. The molecular weight excluding hydrogens is 312 g/mol. The van der Waals surface area contributed by atoms with E-state index in [0.29, 0.717) is 17.7 Å². The van der Waals surface area contributed by atoms with Crippen LogP contribution in [0.2, 0.25) is 0 Å². The molecule has 5 rings (SSSR count). The second-order valence-corrected chi connectivity index (χ2v) is 7.40. The van der Waals surface area contributed by atoms with Gasteiger partial charge in [-0.2, -0.15) is 0 Å². The third-order valence-corrected chi connectivity index (χ3v) is 6.04. The number of hydrogen-bond acceptors (Lipinski definition) is 3. The Bertz CT molecular complexity index is 769. The van der Waals surface area contributed by atoms with Crippen LogP contribution in [0.1, 0.15) is 30.3 Å². The SMILES string of the molecule is C[C@@H]1[C@H](NC(=O)c2ccc(-c3ccc(N)cc3)n2C)C2CCN1CC2. The molecule has 4 heterocycles. The summed E-state index contributed by atoms with van der Waals surface area (Å²) in [4.78, 5) is 15.4. The maximum atomic E-state index is 12.9. The Hall–Kier alpha value is -2.27. The van der Waals surface area contributed by atoms with Crippen LogP contribution < -0.4 is 11.1 Å². The predicted molar refractivity (Wildman–Crippen MR) is 100 cm³/mol. The van der Waals surface area contributed by atoms with Gasteiger partial charge in [-0.25, -0.2) is 0 Å². The molecule has 1 aromatic heterocycles. The monoisotopic (exact) mass is 338 g/mol. The van der Waals surface area contributed by atoms with E-state index in [2.05, 4.69) is 17.1 Å². The third-order valence-electron chi connectivity index (χ3n) is 6.04. The summed E-state index contributed by atoms with van der Waals surface area (Å²) >= 11 is 0. The molecule has 2 atom stereocenters. The van der Waals surface area contributed by atoms with Gasteiger partial charge in [0.25, 0.3) is 5.91 Å². The van der Waals surface area contributed by atoms with Crippen LogP contribution in [0.25, 0.3) is 11.3 Å². The number of amides is 1. The molecule has 0 saturated carbocycles. The molecule has 1 amide bonds. The molecule has 0 aliphatic carbocycles. The lowest BCUT2D eigenvalue weighted by Crippen LogP contribution is -2.62. The lowest BCUT2D eigenvalue weighted by molar-refractivity contribution is 0.0215. The first kappa shape index (κ1) is 16.2. The minimum atomic E-state index is 0.0230. The van der Waals surface area contributed by atoms with E-state index in [1.54, 1.807) is 0 Å². The number of nitrogens with zero attached hydrogens (tertiary/aromatic N) is 2. The van der Waals surface area contributed by atoms with Gasteiger partial charge in [0, 0.05) is 30.5 Å². The van der Waals surface area contributed by atoms with E-state index < -0.39 is 0 Å². The van der Waals surface area contributed by atoms with E-state index in [1.807, 2.05) is 48.0 Å². The highest BCUT2D eigenvalue weighted by atomic mass is 16.2. The number of nitrogens with two attached hydrogens (primary N) is 1. The van der Waals surface area contributed by atoms with Crippen LogP contribution in [0.4, 0.5) is 5.69 Å². The van der Waals surface area contributed by atoms with E-state index in [-0.39, 0.29) is 11.9 Å².